The summed E-state index contributed by atoms with van der Waals surface area (Å²) in [4.78, 5) is 4.96. The molecule has 0 bridgehead atoms. The van der Waals surface area contributed by atoms with Crippen molar-refractivity contribution in [1.82, 2.24) is 0 Å². The largest absolute Gasteiger partial charge is 0.284 e. The molecule has 2 aromatic carbocycles. The van der Waals surface area contributed by atoms with Crippen molar-refractivity contribution in [2.45, 2.75) is 60.4 Å². The van der Waals surface area contributed by atoms with Gasteiger partial charge in [0, 0.05) is 6.21 Å². The third-order valence-corrected chi connectivity index (χ3v) is 5.32. The van der Waals surface area contributed by atoms with Crippen LogP contribution >= 0.6 is 0 Å². The maximum atomic E-state index is 4.96. The van der Waals surface area contributed by atoms with Crippen molar-refractivity contribution in [2.24, 2.45) is 4.99 Å². The predicted molar refractivity (Wildman–Crippen MR) is 131 cm³/mol. The number of benzene rings is 2. The molecule has 3 rings (SSSR count). The third-order valence-electron chi connectivity index (χ3n) is 5.32. The standard InChI is InChI=1S/C26H29N.C2H6/c1-5-21-9-7-8-10-25(21)24-16-13-20(4)26(17-24)27-18-22(6-2)23-14-11-19(3)12-15-23;1-2/h6-16,18,26H,5,17H2,1-4H3;1-2H3/b22-6+,27-18?;. The Bertz CT molecular complexity index is 908. The molecule has 29 heavy (non-hydrogen) atoms. The molecule has 0 amide bonds. The van der Waals surface area contributed by atoms with Gasteiger partial charge in [-0.2, -0.15) is 0 Å². The van der Waals surface area contributed by atoms with Crippen LogP contribution in [-0.4, -0.2) is 12.3 Å². The SMILES string of the molecule is C/C=C(\C=NC1CC(c2ccccc2CC)=CC=C1C)c1ccc(C)cc1.CC. The molecule has 0 aliphatic heterocycles. The summed E-state index contributed by atoms with van der Waals surface area (Å²) in [6, 6.07) is 17.6. The van der Waals surface area contributed by atoms with E-state index >= 15 is 0 Å². The summed E-state index contributed by atoms with van der Waals surface area (Å²) >= 11 is 0. The summed E-state index contributed by atoms with van der Waals surface area (Å²) in [7, 11) is 0. The maximum Gasteiger partial charge on any atom is 0.0750 e. The van der Waals surface area contributed by atoms with Gasteiger partial charge in [0.2, 0.25) is 0 Å². The normalized spacial score (nSPS) is 16.8. The Morgan fingerprint density at radius 2 is 1.69 bits per heavy atom. The molecular formula is C28H35N. The molecule has 2 aromatic rings. The number of aliphatic imine (C=N–C) groups is 1. The molecular weight excluding hydrogens is 350 g/mol. The van der Waals surface area contributed by atoms with Gasteiger partial charge in [0.25, 0.3) is 0 Å². The summed E-state index contributed by atoms with van der Waals surface area (Å²) in [6.07, 6.45) is 10.7. The van der Waals surface area contributed by atoms with E-state index in [-0.39, 0.29) is 6.04 Å². The van der Waals surface area contributed by atoms with E-state index in [4.69, 9.17) is 4.99 Å². The van der Waals surface area contributed by atoms with Gasteiger partial charge in [0.05, 0.1) is 6.04 Å². The highest BCUT2D eigenvalue weighted by atomic mass is 14.8. The fourth-order valence-electron chi connectivity index (χ4n) is 3.52. The average Bonchev–Trinajstić information content (AvgIpc) is 2.77. The molecule has 0 fully saturated rings. The van der Waals surface area contributed by atoms with E-state index in [9.17, 15) is 0 Å². The van der Waals surface area contributed by atoms with Crippen molar-refractivity contribution in [2.75, 3.05) is 0 Å². The van der Waals surface area contributed by atoms with Gasteiger partial charge in [-0.25, -0.2) is 0 Å². The number of allylic oxidation sites excluding steroid dienone is 4. The molecule has 1 aliphatic rings. The number of hydrogen-bond acceptors (Lipinski definition) is 1. The van der Waals surface area contributed by atoms with Crippen LogP contribution in [0.15, 0.2) is 77.3 Å². The molecule has 1 aliphatic carbocycles. The second kappa shape index (κ2) is 11.4. The minimum absolute atomic E-state index is 0.204. The lowest BCUT2D eigenvalue weighted by molar-refractivity contribution is 0.791. The summed E-state index contributed by atoms with van der Waals surface area (Å²) in [6.45, 7) is 12.6. The third kappa shape index (κ3) is 5.90. The molecule has 1 heteroatoms. The van der Waals surface area contributed by atoms with E-state index in [1.807, 2.05) is 20.1 Å². The van der Waals surface area contributed by atoms with Crippen LogP contribution in [0.25, 0.3) is 11.1 Å². The molecule has 0 saturated carbocycles. The topological polar surface area (TPSA) is 12.4 Å². The van der Waals surface area contributed by atoms with Crippen molar-refractivity contribution in [3.8, 4) is 0 Å². The fraction of sp³-hybridized carbons (Fsp3) is 0.321. The van der Waals surface area contributed by atoms with Gasteiger partial charge in [0.1, 0.15) is 0 Å². The Labute approximate surface area is 177 Å². The summed E-state index contributed by atoms with van der Waals surface area (Å²) < 4.78 is 0. The van der Waals surface area contributed by atoms with Gasteiger partial charge >= 0.3 is 0 Å². The van der Waals surface area contributed by atoms with Gasteiger partial charge in [-0.15, -0.1) is 0 Å². The first kappa shape index (κ1) is 22.6. The highest BCUT2D eigenvalue weighted by Crippen LogP contribution is 2.31. The molecule has 0 heterocycles. The zero-order chi connectivity index (χ0) is 21.2. The highest BCUT2D eigenvalue weighted by Gasteiger charge is 2.17. The van der Waals surface area contributed by atoms with E-state index in [2.05, 4.69) is 94.5 Å². The van der Waals surface area contributed by atoms with Crippen molar-refractivity contribution in [3.63, 3.8) is 0 Å². The first-order chi connectivity index (χ1) is 14.1. The number of hydrogen-bond donors (Lipinski definition) is 0. The zero-order valence-corrected chi connectivity index (χ0v) is 18.9. The first-order valence-electron chi connectivity index (χ1n) is 10.8. The minimum atomic E-state index is 0.204. The molecule has 152 valence electrons. The second-order valence-electron chi connectivity index (χ2n) is 7.22. The highest BCUT2D eigenvalue weighted by molar-refractivity contribution is 6.09. The number of aryl methyl sites for hydroxylation is 2. The van der Waals surface area contributed by atoms with E-state index < -0.39 is 0 Å². The van der Waals surface area contributed by atoms with Crippen LogP contribution in [0.5, 0.6) is 0 Å². The maximum absolute atomic E-state index is 4.96. The number of nitrogens with zero attached hydrogens (tertiary/aromatic N) is 1. The first-order valence-corrected chi connectivity index (χ1v) is 10.8. The number of rotatable bonds is 5. The summed E-state index contributed by atoms with van der Waals surface area (Å²) in [5.74, 6) is 0. The molecule has 0 radical (unpaired) electrons. The molecule has 1 unspecified atom stereocenters. The predicted octanol–water partition coefficient (Wildman–Crippen LogP) is 7.86. The van der Waals surface area contributed by atoms with Gasteiger partial charge in [-0.3, -0.25) is 4.99 Å². The van der Waals surface area contributed by atoms with E-state index in [0.717, 1.165) is 12.8 Å². The zero-order valence-electron chi connectivity index (χ0n) is 18.9. The van der Waals surface area contributed by atoms with Crippen LogP contribution in [-0.2, 0) is 6.42 Å². The van der Waals surface area contributed by atoms with Crippen LogP contribution in [0.1, 0.15) is 63.3 Å². The fourth-order valence-corrected chi connectivity index (χ4v) is 3.52. The van der Waals surface area contributed by atoms with Gasteiger partial charge in [-0.1, -0.05) is 93.1 Å². The molecule has 0 saturated heterocycles. The van der Waals surface area contributed by atoms with Crippen LogP contribution in [0.4, 0.5) is 0 Å². The van der Waals surface area contributed by atoms with Crippen molar-refractivity contribution >= 4 is 17.4 Å². The Kier molecular flexibility index (Phi) is 8.86. The summed E-state index contributed by atoms with van der Waals surface area (Å²) in [5.41, 5.74) is 9.16. The van der Waals surface area contributed by atoms with Crippen LogP contribution < -0.4 is 0 Å². The van der Waals surface area contributed by atoms with Gasteiger partial charge < -0.3 is 0 Å². The second-order valence-corrected chi connectivity index (χ2v) is 7.22. The van der Waals surface area contributed by atoms with Crippen molar-refractivity contribution < 1.29 is 0 Å². The van der Waals surface area contributed by atoms with Crippen molar-refractivity contribution in [3.05, 3.63) is 94.6 Å². The average molecular weight is 386 g/mol. The smallest absolute Gasteiger partial charge is 0.0750 e. The molecule has 1 atom stereocenters. The molecule has 0 spiro atoms. The van der Waals surface area contributed by atoms with Crippen LogP contribution in [0.2, 0.25) is 0 Å². The van der Waals surface area contributed by atoms with Gasteiger partial charge in [0.15, 0.2) is 0 Å². The lowest BCUT2D eigenvalue weighted by atomic mass is 9.87. The van der Waals surface area contributed by atoms with Crippen LogP contribution in [0.3, 0.4) is 0 Å². The van der Waals surface area contributed by atoms with E-state index in [1.165, 1.54) is 39.0 Å². The van der Waals surface area contributed by atoms with Gasteiger partial charge in [-0.05, 0) is 67.0 Å². The minimum Gasteiger partial charge on any atom is -0.284 e. The monoisotopic (exact) mass is 385 g/mol. The summed E-state index contributed by atoms with van der Waals surface area (Å²) in [5, 5.41) is 0. The van der Waals surface area contributed by atoms with E-state index in [0.29, 0.717) is 0 Å². The van der Waals surface area contributed by atoms with Crippen LogP contribution in [0, 0.1) is 6.92 Å². The van der Waals surface area contributed by atoms with E-state index in [1.54, 1.807) is 0 Å². The lowest BCUT2D eigenvalue weighted by Crippen LogP contribution is -2.12. The molecule has 1 nitrogen and oxygen atoms in total. The van der Waals surface area contributed by atoms with Crippen molar-refractivity contribution in [1.29, 1.82) is 0 Å². The Morgan fingerprint density at radius 3 is 2.34 bits per heavy atom. The molecule has 0 aromatic heterocycles. The lowest BCUT2D eigenvalue weighted by Gasteiger charge is -2.21. The Balaban J connectivity index is 0.00000145. The Hall–Kier alpha value is -2.67. The quantitative estimate of drug-likeness (QED) is 0.464. The Morgan fingerprint density at radius 1 is 1.00 bits per heavy atom. The molecule has 0 N–H and O–H groups in total.